The minimum atomic E-state index is -4.36. The third-order valence-corrected chi connectivity index (χ3v) is 3.72. The normalized spacial score (nSPS) is 10.8. The minimum Gasteiger partial charge on any atom is -0.384 e. The Bertz CT molecular complexity index is 808. The molecule has 3 N–H and O–H groups in total. The summed E-state index contributed by atoms with van der Waals surface area (Å²) in [6.07, 6.45) is 2.66. The number of imidazole rings is 1. The first kappa shape index (κ1) is 15.0. The summed E-state index contributed by atoms with van der Waals surface area (Å²) in [5, 5.41) is 8.63. The van der Waals surface area contributed by atoms with Crippen molar-refractivity contribution in [3.05, 3.63) is 41.7 Å². The molecule has 0 aliphatic heterocycles. The number of H-pyrrole nitrogens is 1. The number of aliphatic hydroxyl groups is 1. The maximum Gasteiger partial charge on any atom is 0.268 e. The number of sulfonamides is 1. The van der Waals surface area contributed by atoms with Crippen LogP contribution in [0.4, 0.5) is 14.7 Å². The number of halogens is 2. The number of nitrogens with zero attached hydrogens (tertiary/aromatic N) is 1. The molecule has 1 aromatic carbocycles. The quantitative estimate of drug-likeness (QED) is 0.732. The highest BCUT2D eigenvalue weighted by Crippen LogP contribution is 2.22. The lowest BCUT2D eigenvalue weighted by atomic mass is 10.2. The van der Waals surface area contributed by atoms with E-state index in [2.05, 4.69) is 21.8 Å². The maximum absolute atomic E-state index is 13.8. The van der Waals surface area contributed by atoms with Gasteiger partial charge in [0, 0.05) is 18.5 Å². The molecule has 0 saturated heterocycles. The molecule has 110 valence electrons. The first-order valence-corrected chi connectivity index (χ1v) is 7.03. The molecule has 9 heteroatoms. The Hall–Kier alpha value is -2.44. The molecule has 0 aliphatic carbocycles. The van der Waals surface area contributed by atoms with Crippen LogP contribution < -0.4 is 4.72 Å². The molecule has 0 unspecified atom stereocenters. The molecule has 6 nitrogen and oxygen atoms in total. The average molecular weight is 313 g/mol. The van der Waals surface area contributed by atoms with Crippen molar-refractivity contribution in [2.45, 2.75) is 4.90 Å². The number of hydrogen-bond acceptors (Lipinski definition) is 4. The molecule has 1 aromatic heterocycles. The van der Waals surface area contributed by atoms with Crippen LogP contribution in [0.15, 0.2) is 29.4 Å². The SMILES string of the molecule is O=S(=O)(Nc1ncc[nH]1)c1c(F)cc(F)cc1C#CCO. The van der Waals surface area contributed by atoms with Gasteiger partial charge in [0.25, 0.3) is 10.0 Å². The average Bonchev–Trinajstić information content (AvgIpc) is 2.86. The highest BCUT2D eigenvalue weighted by molar-refractivity contribution is 7.92. The van der Waals surface area contributed by atoms with Crippen LogP contribution in [0.2, 0.25) is 0 Å². The third-order valence-electron chi connectivity index (χ3n) is 2.31. The molecule has 0 spiro atoms. The Kier molecular flexibility index (Phi) is 4.21. The number of benzene rings is 1. The van der Waals surface area contributed by atoms with Gasteiger partial charge in [-0.15, -0.1) is 0 Å². The van der Waals surface area contributed by atoms with E-state index in [1.807, 2.05) is 4.72 Å². The van der Waals surface area contributed by atoms with E-state index in [1.165, 1.54) is 12.4 Å². The van der Waals surface area contributed by atoms with Gasteiger partial charge in [-0.05, 0) is 6.07 Å². The van der Waals surface area contributed by atoms with E-state index in [0.29, 0.717) is 6.07 Å². The molecule has 0 aliphatic rings. The fourth-order valence-corrected chi connectivity index (χ4v) is 2.74. The standard InChI is InChI=1S/C12H9F2N3O3S/c13-9-6-8(2-1-5-18)11(10(14)7-9)21(19,20)17-12-15-3-4-16-12/h3-4,6-7,18H,5H2,(H2,15,16,17). The molecule has 21 heavy (non-hydrogen) atoms. The lowest BCUT2D eigenvalue weighted by molar-refractivity contribution is 0.350. The van der Waals surface area contributed by atoms with E-state index in [1.54, 1.807) is 0 Å². The zero-order valence-corrected chi connectivity index (χ0v) is 11.2. The van der Waals surface area contributed by atoms with Crippen LogP contribution in [0.5, 0.6) is 0 Å². The molecule has 0 bridgehead atoms. The zero-order chi connectivity index (χ0) is 15.5. The fraction of sp³-hybridized carbons (Fsp3) is 0.0833. The van der Waals surface area contributed by atoms with Gasteiger partial charge in [0.05, 0.1) is 5.56 Å². The van der Waals surface area contributed by atoms with Gasteiger partial charge in [-0.25, -0.2) is 26.9 Å². The Morgan fingerprint density at radius 3 is 2.76 bits per heavy atom. The summed E-state index contributed by atoms with van der Waals surface area (Å²) < 4.78 is 53.3. The predicted molar refractivity (Wildman–Crippen MR) is 69.7 cm³/mol. The van der Waals surface area contributed by atoms with Crippen LogP contribution in [0.25, 0.3) is 0 Å². The van der Waals surface area contributed by atoms with Gasteiger partial charge in [0.15, 0.2) is 0 Å². The van der Waals surface area contributed by atoms with Crippen molar-refractivity contribution in [2.24, 2.45) is 0 Å². The fourth-order valence-electron chi connectivity index (χ4n) is 1.56. The second kappa shape index (κ2) is 5.90. The van der Waals surface area contributed by atoms with Gasteiger partial charge in [-0.2, -0.15) is 0 Å². The molecule has 1 heterocycles. The van der Waals surface area contributed by atoms with Crippen molar-refractivity contribution < 1.29 is 22.3 Å². The van der Waals surface area contributed by atoms with Crippen LogP contribution >= 0.6 is 0 Å². The Morgan fingerprint density at radius 1 is 1.38 bits per heavy atom. The topological polar surface area (TPSA) is 95.1 Å². The van der Waals surface area contributed by atoms with Crippen LogP contribution in [-0.4, -0.2) is 30.1 Å². The number of hydrogen-bond donors (Lipinski definition) is 3. The van der Waals surface area contributed by atoms with E-state index < -0.39 is 38.7 Å². The summed E-state index contributed by atoms with van der Waals surface area (Å²) in [5.41, 5.74) is -0.402. The summed E-state index contributed by atoms with van der Waals surface area (Å²) in [6.45, 7) is -0.580. The molecule has 0 fully saturated rings. The summed E-state index contributed by atoms with van der Waals surface area (Å²) in [6, 6.07) is 1.20. The number of rotatable bonds is 3. The molecule has 2 rings (SSSR count). The highest BCUT2D eigenvalue weighted by Gasteiger charge is 2.24. The lowest BCUT2D eigenvalue weighted by Crippen LogP contribution is -2.17. The largest absolute Gasteiger partial charge is 0.384 e. The van der Waals surface area contributed by atoms with Gasteiger partial charge in [-0.3, -0.25) is 0 Å². The summed E-state index contributed by atoms with van der Waals surface area (Å²) >= 11 is 0. The molecule has 0 atom stereocenters. The number of aromatic nitrogens is 2. The molecule has 0 amide bonds. The number of nitrogens with one attached hydrogen (secondary N) is 2. The molecule has 0 saturated carbocycles. The second-order valence-corrected chi connectivity index (χ2v) is 5.39. The second-order valence-electron chi connectivity index (χ2n) is 3.77. The van der Waals surface area contributed by atoms with Crippen molar-refractivity contribution >= 4 is 16.0 Å². The Labute approximate surface area is 118 Å². The van der Waals surface area contributed by atoms with Gasteiger partial charge in [0.1, 0.15) is 23.1 Å². The van der Waals surface area contributed by atoms with Crippen LogP contribution in [-0.2, 0) is 10.0 Å². The maximum atomic E-state index is 13.8. The van der Waals surface area contributed by atoms with E-state index in [4.69, 9.17) is 5.11 Å². The highest BCUT2D eigenvalue weighted by atomic mass is 32.2. The molecular weight excluding hydrogens is 304 g/mol. The summed E-state index contributed by atoms with van der Waals surface area (Å²) in [7, 11) is -4.36. The molecule has 2 aromatic rings. The summed E-state index contributed by atoms with van der Waals surface area (Å²) in [5.74, 6) is 1.95. The van der Waals surface area contributed by atoms with Crippen LogP contribution in [0.3, 0.4) is 0 Å². The van der Waals surface area contributed by atoms with E-state index in [-0.39, 0.29) is 5.95 Å². The van der Waals surface area contributed by atoms with Gasteiger partial charge in [0.2, 0.25) is 5.95 Å². The van der Waals surface area contributed by atoms with E-state index in [0.717, 1.165) is 6.07 Å². The van der Waals surface area contributed by atoms with Crippen molar-refractivity contribution in [1.82, 2.24) is 9.97 Å². The third kappa shape index (κ3) is 3.36. The Morgan fingerprint density at radius 2 is 2.14 bits per heavy atom. The molecule has 0 radical (unpaired) electrons. The summed E-state index contributed by atoms with van der Waals surface area (Å²) in [4.78, 5) is 5.31. The lowest BCUT2D eigenvalue weighted by Gasteiger charge is -2.09. The van der Waals surface area contributed by atoms with Gasteiger partial charge < -0.3 is 10.1 Å². The van der Waals surface area contributed by atoms with E-state index in [9.17, 15) is 17.2 Å². The number of anilines is 1. The van der Waals surface area contributed by atoms with Crippen molar-refractivity contribution in [1.29, 1.82) is 0 Å². The monoisotopic (exact) mass is 313 g/mol. The predicted octanol–water partition coefficient (Wildman–Crippen LogP) is 0.832. The Balaban J connectivity index is 2.56. The number of aromatic amines is 1. The smallest absolute Gasteiger partial charge is 0.268 e. The minimum absolute atomic E-state index is 0.125. The zero-order valence-electron chi connectivity index (χ0n) is 10.4. The first-order chi connectivity index (χ1) is 9.94. The van der Waals surface area contributed by atoms with Gasteiger partial charge in [-0.1, -0.05) is 11.8 Å². The van der Waals surface area contributed by atoms with E-state index >= 15 is 0 Å². The van der Waals surface area contributed by atoms with Crippen LogP contribution in [0, 0.1) is 23.5 Å². The van der Waals surface area contributed by atoms with Gasteiger partial charge >= 0.3 is 0 Å². The molecular formula is C12H9F2N3O3S. The van der Waals surface area contributed by atoms with Crippen molar-refractivity contribution in [3.63, 3.8) is 0 Å². The van der Waals surface area contributed by atoms with Crippen molar-refractivity contribution in [2.75, 3.05) is 11.3 Å². The number of aliphatic hydroxyl groups excluding tert-OH is 1. The van der Waals surface area contributed by atoms with Crippen molar-refractivity contribution in [3.8, 4) is 11.8 Å². The first-order valence-electron chi connectivity index (χ1n) is 5.55. The van der Waals surface area contributed by atoms with Crippen LogP contribution in [0.1, 0.15) is 5.56 Å².